The predicted molar refractivity (Wildman–Crippen MR) is 63.7 cm³/mol. The lowest BCUT2D eigenvalue weighted by atomic mass is 10.2. The van der Waals surface area contributed by atoms with Crippen molar-refractivity contribution < 1.29 is 5.11 Å². The van der Waals surface area contributed by atoms with Gasteiger partial charge in [0.1, 0.15) is 0 Å². The van der Waals surface area contributed by atoms with Crippen molar-refractivity contribution in [3.8, 4) is 0 Å². The van der Waals surface area contributed by atoms with Crippen LogP contribution in [0.2, 0.25) is 0 Å². The Labute approximate surface area is 93.7 Å². The minimum Gasteiger partial charge on any atom is -0.396 e. The molecule has 78 valence electrons. The molecular formula is C11H16BrNO. The maximum absolute atomic E-state index is 8.77. The van der Waals surface area contributed by atoms with Gasteiger partial charge in [-0.1, -0.05) is 15.9 Å². The lowest BCUT2D eigenvalue weighted by Gasteiger charge is -2.22. The Morgan fingerprint density at radius 2 is 1.93 bits per heavy atom. The van der Waals surface area contributed by atoms with E-state index in [2.05, 4.69) is 39.9 Å². The first kappa shape index (κ1) is 11.5. The monoisotopic (exact) mass is 257 g/mol. The summed E-state index contributed by atoms with van der Waals surface area (Å²) in [5, 5.41) is 8.77. The summed E-state index contributed by atoms with van der Waals surface area (Å²) in [7, 11) is 0. The summed E-state index contributed by atoms with van der Waals surface area (Å²) >= 11 is 3.41. The second-order valence-corrected chi connectivity index (χ2v) is 4.05. The van der Waals surface area contributed by atoms with Crippen molar-refractivity contribution in [2.75, 3.05) is 24.6 Å². The number of anilines is 1. The number of hydrogen-bond acceptors (Lipinski definition) is 2. The first-order chi connectivity index (χ1) is 6.77. The van der Waals surface area contributed by atoms with Crippen LogP contribution in [-0.4, -0.2) is 24.8 Å². The molecule has 0 atom stereocenters. The van der Waals surface area contributed by atoms with Crippen LogP contribution in [0.5, 0.6) is 0 Å². The van der Waals surface area contributed by atoms with Gasteiger partial charge < -0.3 is 10.0 Å². The highest BCUT2D eigenvalue weighted by atomic mass is 79.9. The molecule has 0 unspecified atom stereocenters. The summed E-state index contributed by atoms with van der Waals surface area (Å²) in [6.07, 6.45) is 0.823. The van der Waals surface area contributed by atoms with Crippen LogP contribution in [0.1, 0.15) is 13.3 Å². The Hall–Kier alpha value is -0.540. The lowest BCUT2D eigenvalue weighted by molar-refractivity contribution is 0.289. The molecule has 2 nitrogen and oxygen atoms in total. The van der Waals surface area contributed by atoms with E-state index < -0.39 is 0 Å². The quantitative estimate of drug-likeness (QED) is 0.877. The van der Waals surface area contributed by atoms with Crippen molar-refractivity contribution in [1.82, 2.24) is 0 Å². The van der Waals surface area contributed by atoms with Crippen molar-refractivity contribution in [1.29, 1.82) is 0 Å². The Bertz CT molecular complexity index is 260. The summed E-state index contributed by atoms with van der Waals surface area (Å²) in [5.41, 5.74) is 1.21. The van der Waals surface area contributed by atoms with E-state index in [1.54, 1.807) is 0 Å². The number of aliphatic hydroxyl groups excluding tert-OH is 1. The fourth-order valence-corrected chi connectivity index (χ4v) is 1.65. The minimum atomic E-state index is 0.257. The van der Waals surface area contributed by atoms with Gasteiger partial charge in [-0.05, 0) is 37.6 Å². The zero-order chi connectivity index (χ0) is 10.4. The fourth-order valence-electron chi connectivity index (χ4n) is 1.38. The Balaban J connectivity index is 2.64. The summed E-state index contributed by atoms with van der Waals surface area (Å²) in [6.45, 7) is 4.27. The van der Waals surface area contributed by atoms with Gasteiger partial charge in [-0.15, -0.1) is 0 Å². The number of nitrogens with zero attached hydrogens (tertiary/aromatic N) is 1. The summed E-state index contributed by atoms with van der Waals surface area (Å²) in [5.74, 6) is 0. The molecule has 0 aromatic heterocycles. The van der Waals surface area contributed by atoms with Crippen LogP contribution in [0.15, 0.2) is 28.7 Å². The van der Waals surface area contributed by atoms with Crippen LogP contribution in [-0.2, 0) is 0 Å². The molecule has 1 aromatic carbocycles. The lowest BCUT2D eigenvalue weighted by Crippen LogP contribution is -2.24. The van der Waals surface area contributed by atoms with Gasteiger partial charge in [-0.3, -0.25) is 0 Å². The molecule has 0 aliphatic rings. The third-order valence-electron chi connectivity index (χ3n) is 2.16. The molecule has 1 N–H and O–H groups in total. The van der Waals surface area contributed by atoms with E-state index in [0.717, 1.165) is 24.0 Å². The molecule has 0 fully saturated rings. The molecular weight excluding hydrogens is 242 g/mol. The van der Waals surface area contributed by atoms with Gasteiger partial charge in [-0.2, -0.15) is 0 Å². The van der Waals surface area contributed by atoms with E-state index in [9.17, 15) is 0 Å². The zero-order valence-corrected chi connectivity index (χ0v) is 10.00. The molecule has 0 saturated heterocycles. The van der Waals surface area contributed by atoms with Crippen LogP contribution in [0.25, 0.3) is 0 Å². The standard InChI is InChI=1S/C11H16BrNO/c1-2-13(8-3-9-14)11-6-4-10(12)5-7-11/h4-7,14H,2-3,8-9H2,1H3. The van der Waals surface area contributed by atoms with Crippen LogP contribution in [0.4, 0.5) is 5.69 Å². The van der Waals surface area contributed by atoms with E-state index >= 15 is 0 Å². The smallest absolute Gasteiger partial charge is 0.0447 e. The molecule has 0 saturated carbocycles. The largest absolute Gasteiger partial charge is 0.396 e. The first-order valence-corrected chi connectivity index (χ1v) is 5.68. The van der Waals surface area contributed by atoms with Crippen molar-refractivity contribution in [2.24, 2.45) is 0 Å². The van der Waals surface area contributed by atoms with Gasteiger partial charge in [0.05, 0.1) is 0 Å². The Morgan fingerprint density at radius 3 is 2.43 bits per heavy atom. The predicted octanol–water partition coefficient (Wildman–Crippen LogP) is 2.66. The maximum atomic E-state index is 8.77. The number of halogens is 1. The van der Waals surface area contributed by atoms with Gasteiger partial charge >= 0.3 is 0 Å². The average Bonchev–Trinajstić information content (AvgIpc) is 2.21. The summed E-state index contributed by atoms with van der Waals surface area (Å²) < 4.78 is 1.10. The van der Waals surface area contributed by atoms with Crippen molar-refractivity contribution in [2.45, 2.75) is 13.3 Å². The first-order valence-electron chi connectivity index (χ1n) is 4.89. The van der Waals surface area contributed by atoms with E-state index in [1.165, 1.54) is 5.69 Å². The van der Waals surface area contributed by atoms with Gasteiger partial charge in [0, 0.05) is 29.9 Å². The highest BCUT2D eigenvalue weighted by Crippen LogP contribution is 2.18. The molecule has 3 heteroatoms. The number of hydrogen-bond donors (Lipinski definition) is 1. The second kappa shape index (κ2) is 6.04. The number of benzene rings is 1. The highest BCUT2D eigenvalue weighted by Gasteiger charge is 2.02. The van der Waals surface area contributed by atoms with E-state index in [4.69, 9.17) is 5.11 Å². The molecule has 1 aromatic rings. The SMILES string of the molecule is CCN(CCCO)c1ccc(Br)cc1. The molecule has 0 aliphatic carbocycles. The number of rotatable bonds is 5. The van der Waals surface area contributed by atoms with Crippen molar-refractivity contribution in [3.63, 3.8) is 0 Å². The van der Waals surface area contributed by atoms with Gasteiger partial charge in [0.25, 0.3) is 0 Å². The second-order valence-electron chi connectivity index (χ2n) is 3.13. The minimum absolute atomic E-state index is 0.257. The maximum Gasteiger partial charge on any atom is 0.0447 e. The average molecular weight is 258 g/mol. The normalized spacial score (nSPS) is 10.2. The van der Waals surface area contributed by atoms with Crippen molar-refractivity contribution in [3.05, 3.63) is 28.7 Å². The summed E-state index contributed by atoms with van der Waals surface area (Å²) in [6, 6.07) is 8.25. The van der Waals surface area contributed by atoms with Gasteiger partial charge in [-0.25, -0.2) is 0 Å². The molecule has 0 spiro atoms. The highest BCUT2D eigenvalue weighted by molar-refractivity contribution is 9.10. The molecule has 0 heterocycles. The van der Waals surface area contributed by atoms with Gasteiger partial charge in [0.15, 0.2) is 0 Å². The Morgan fingerprint density at radius 1 is 1.29 bits per heavy atom. The molecule has 0 radical (unpaired) electrons. The molecule has 0 amide bonds. The molecule has 1 rings (SSSR count). The van der Waals surface area contributed by atoms with Crippen molar-refractivity contribution >= 4 is 21.6 Å². The molecule has 14 heavy (non-hydrogen) atoms. The molecule has 0 bridgehead atoms. The third kappa shape index (κ3) is 3.31. The number of aliphatic hydroxyl groups is 1. The zero-order valence-electron chi connectivity index (χ0n) is 8.41. The van der Waals surface area contributed by atoms with Crippen LogP contribution in [0.3, 0.4) is 0 Å². The van der Waals surface area contributed by atoms with Gasteiger partial charge in [0.2, 0.25) is 0 Å². The third-order valence-corrected chi connectivity index (χ3v) is 2.69. The Kier molecular flexibility index (Phi) is 4.98. The topological polar surface area (TPSA) is 23.5 Å². The van der Waals surface area contributed by atoms with E-state index in [-0.39, 0.29) is 6.61 Å². The van der Waals surface area contributed by atoms with Crippen LogP contribution < -0.4 is 4.90 Å². The summed E-state index contributed by atoms with van der Waals surface area (Å²) in [4.78, 5) is 2.25. The van der Waals surface area contributed by atoms with E-state index in [1.807, 2.05) is 12.1 Å². The van der Waals surface area contributed by atoms with Crippen LogP contribution in [0, 0.1) is 0 Å². The fraction of sp³-hybridized carbons (Fsp3) is 0.455. The molecule has 0 aliphatic heterocycles. The van der Waals surface area contributed by atoms with E-state index in [0.29, 0.717) is 0 Å². The van der Waals surface area contributed by atoms with Crippen LogP contribution >= 0.6 is 15.9 Å².